The Labute approximate surface area is 65.4 Å². The van der Waals surface area contributed by atoms with E-state index >= 15 is 0 Å². The molecule has 0 aliphatic carbocycles. The van der Waals surface area contributed by atoms with Crippen molar-refractivity contribution >= 4 is 6.16 Å². The van der Waals surface area contributed by atoms with E-state index in [1.54, 1.807) is 0 Å². The van der Waals surface area contributed by atoms with Gasteiger partial charge in [-0.2, -0.15) is 0 Å². The van der Waals surface area contributed by atoms with Crippen molar-refractivity contribution in [2.45, 2.75) is 19.4 Å². The van der Waals surface area contributed by atoms with Crippen LogP contribution in [0.4, 0.5) is 4.79 Å². The standard InChI is InChI=1S/C7H12O4/c1-2-3-9-7(8)11-5-6-4-10-6/h6H,2-5H2,1H3. The molecule has 1 heterocycles. The fraction of sp³-hybridized carbons (Fsp3) is 0.857. The van der Waals surface area contributed by atoms with Crippen LogP contribution in [0.2, 0.25) is 0 Å². The second-order valence-corrected chi connectivity index (χ2v) is 2.36. The normalized spacial score (nSPS) is 21.0. The van der Waals surface area contributed by atoms with Crippen LogP contribution in [0.1, 0.15) is 13.3 Å². The lowest BCUT2D eigenvalue weighted by atomic mass is 10.5. The van der Waals surface area contributed by atoms with Gasteiger partial charge >= 0.3 is 6.16 Å². The quantitative estimate of drug-likeness (QED) is 0.453. The third kappa shape index (κ3) is 3.83. The lowest BCUT2D eigenvalue weighted by molar-refractivity contribution is 0.0506. The lowest BCUT2D eigenvalue weighted by Gasteiger charge is -2.02. The van der Waals surface area contributed by atoms with Crippen LogP contribution in [0.3, 0.4) is 0 Å². The number of epoxide rings is 1. The summed E-state index contributed by atoms with van der Waals surface area (Å²) in [7, 11) is 0. The van der Waals surface area contributed by atoms with Crippen LogP contribution >= 0.6 is 0 Å². The van der Waals surface area contributed by atoms with Crippen molar-refractivity contribution in [3.63, 3.8) is 0 Å². The van der Waals surface area contributed by atoms with Crippen molar-refractivity contribution in [3.8, 4) is 0 Å². The molecule has 0 radical (unpaired) electrons. The van der Waals surface area contributed by atoms with E-state index in [1.165, 1.54) is 0 Å². The number of carbonyl (C=O) groups excluding carboxylic acids is 1. The van der Waals surface area contributed by atoms with Gasteiger partial charge in [0, 0.05) is 0 Å². The third-order valence-corrected chi connectivity index (χ3v) is 1.21. The first-order valence-electron chi connectivity index (χ1n) is 3.74. The first-order valence-corrected chi connectivity index (χ1v) is 3.74. The minimum Gasteiger partial charge on any atom is -0.434 e. The van der Waals surface area contributed by atoms with E-state index in [2.05, 4.69) is 9.47 Å². The van der Waals surface area contributed by atoms with Gasteiger partial charge in [-0.1, -0.05) is 6.92 Å². The first-order chi connectivity index (χ1) is 5.33. The van der Waals surface area contributed by atoms with E-state index in [1.807, 2.05) is 6.92 Å². The maximum absolute atomic E-state index is 10.6. The van der Waals surface area contributed by atoms with Crippen LogP contribution in [-0.2, 0) is 14.2 Å². The molecule has 11 heavy (non-hydrogen) atoms. The van der Waals surface area contributed by atoms with Gasteiger partial charge in [0.25, 0.3) is 0 Å². The second-order valence-electron chi connectivity index (χ2n) is 2.36. The smallest absolute Gasteiger partial charge is 0.434 e. The summed E-state index contributed by atoms with van der Waals surface area (Å²) in [6, 6.07) is 0. The fourth-order valence-corrected chi connectivity index (χ4v) is 0.552. The fourth-order valence-electron chi connectivity index (χ4n) is 0.552. The molecule has 1 atom stereocenters. The molecule has 4 heteroatoms. The lowest BCUT2D eigenvalue weighted by Crippen LogP contribution is -2.11. The number of rotatable bonds is 4. The molecule has 0 saturated carbocycles. The van der Waals surface area contributed by atoms with E-state index in [0.717, 1.165) is 6.42 Å². The highest BCUT2D eigenvalue weighted by molar-refractivity contribution is 5.59. The molecule has 1 aliphatic heterocycles. The molecular weight excluding hydrogens is 148 g/mol. The van der Waals surface area contributed by atoms with Crippen molar-refractivity contribution in [1.82, 2.24) is 0 Å². The van der Waals surface area contributed by atoms with Gasteiger partial charge in [0.15, 0.2) is 0 Å². The highest BCUT2D eigenvalue weighted by Crippen LogP contribution is 2.08. The topological polar surface area (TPSA) is 48.1 Å². The third-order valence-electron chi connectivity index (χ3n) is 1.21. The molecule has 1 aliphatic rings. The monoisotopic (exact) mass is 160 g/mol. The summed E-state index contributed by atoms with van der Waals surface area (Å²) < 4.78 is 14.2. The summed E-state index contributed by atoms with van der Waals surface area (Å²) in [6.07, 6.45) is 0.334. The van der Waals surface area contributed by atoms with Crippen LogP contribution in [0.15, 0.2) is 0 Å². The van der Waals surface area contributed by atoms with Crippen molar-refractivity contribution in [1.29, 1.82) is 0 Å². The van der Waals surface area contributed by atoms with Gasteiger partial charge in [0.1, 0.15) is 12.7 Å². The maximum Gasteiger partial charge on any atom is 0.508 e. The summed E-state index contributed by atoms with van der Waals surface area (Å²) in [4.78, 5) is 10.6. The van der Waals surface area contributed by atoms with E-state index in [-0.39, 0.29) is 6.10 Å². The minimum atomic E-state index is -0.595. The van der Waals surface area contributed by atoms with Gasteiger partial charge in [-0.15, -0.1) is 0 Å². The Bertz CT molecular complexity index is 130. The molecule has 1 rings (SSSR count). The number of ether oxygens (including phenoxy) is 3. The molecule has 64 valence electrons. The summed E-state index contributed by atoms with van der Waals surface area (Å²) in [5.41, 5.74) is 0. The van der Waals surface area contributed by atoms with Crippen molar-refractivity contribution in [3.05, 3.63) is 0 Å². The number of hydrogen-bond donors (Lipinski definition) is 0. The number of hydrogen-bond acceptors (Lipinski definition) is 4. The molecule has 0 aromatic carbocycles. The number of carbonyl (C=O) groups is 1. The Morgan fingerprint density at radius 3 is 2.91 bits per heavy atom. The molecule has 0 aromatic heterocycles. The summed E-state index contributed by atoms with van der Waals surface area (Å²) in [5.74, 6) is 0. The predicted molar refractivity (Wildman–Crippen MR) is 37.3 cm³/mol. The van der Waals surface area contributed by atoms with Gasteiger partial charge in [0.2, 0.25) is 0 Å². The average molecular weight is 160 g/mol. The zero-order valence-electron chi connectivity index (χ0n) is 6.54. The Kier molecular flexibility index (Phi) is 3.16. The Morgan fingerprint density at radius 1 is 1.64 bits per heavy atom. The van der Waals surface area contributed by atoms with Crippen molar-refractivity contribution in [2.24, 2.45) is 0 Å². The van der Waals surface area contributed by atoms with Crippen molar-refractivity contribution < 1.29 is 19.0 Å². The largest absolute Gasteiger partial charge is 0.508 e. The van der Waals surface area contributed by atoms with Gasteiger partial charge in [-0.3, -0.25) is 0 Å². The molecule has 0 bridgehead atoms. The Balaban J connectivity index is 1.91. The van der Waals surface area contributed by atoms with E-state index < -0.39 is 6.16 Å². The molecule has 1 saturated heterocycles. The zero-order valence-corrected chi connectivity index (χ0v) is 6.54. The second kappa shape index (κ2) is 4.18. The molecule has 0 amide bonds. The molecular formula is C7H12O4. The SMILES string of the molecule is CCCOC(=O)OCC1CO1. The van der Waals surface area contributed by atoms with E-state index in [0.29, 0.717) is 19.8 Å². The molecule has 0 aromatic rings. The van der Waals surface area contributed by atoms with Gasteiger partial charge in [-0.25, -0.2) is 4.79 Å². The van der Waals surface area contributed by atoms with E-state index in [9.17, 15) is 4.79 Å². The summed E-state index contributed by atoms with van der Waals surface area (Å²) in [6.45, 7) is 3.37. The first kappa shape index (κ1) is 8.33. The Hall–Kier alpha value is -0.770. The van der Waals surface area contributed by atoms with E-state index in [4.69, 9.17) is 4.74 Å². The highest BCUT2D eigenvalue weighted by Gasteiger charge is 2.24. The van der Waals surface area contributed by atoms with Gasteiger partial charge in [0.05, 0.1) is 13.2 Å². The maximum atomic E-state index is 10.6. The zero-order chi connectivity index (χ0) is 8.10. The molecule has 1 unspecified atom stereocenters. The average Bonchev–Trinajstić information content (AvgIpc) is 2.80. The van der Waals surface area contributed by atoms with Crippen LogP contribution < -0.4 is 0 Å². The highest BCUT2D eigenvalue weighted by atomic mass is 16.7. The van der Waals surface area contributed by atoms with Crippen LogP contribution in [0, 0.1) is 0 Å². The van der Waals surface area contributed by atoms with Crippen LogP contribution in [-0.4, -0.2) is 32.1 Å². The predicted octanol–water partition coefficient (Wildman–Crippen LogP) is 0.948. The van der Waals surface area contributed by atoms with Gasteiger partial charge < -0.3 is 14.2 Å². The summed E-state index contributed by atoms with van der Waals surface area (Å²) >= 11 is 0. The molecule has 0 N–H and O–H groups in total. The minimum absolute atomic E-state index is 0.115. The van der Waals surface area contributed by atoms with Crippen LogP contribution in [0.5, 0.6) is 0 Å². The van der Waals surface area contributed by atoms with Crippen molar-refractivity contribution in [2.75, 3.05) is 19.8 Å². The van der Waals surface area contributed by atoms with Crippen LogP contribution in [0.25, 0.3) is 0 Å². The van der Waals surface area contributed by atoms with Gasteiger partial charge in [-0.05, 0) is 6.42 Å². The molecule has 1 fully saturated rings. The Morgan fingerprint density at radius 2 is 2.36 bits per heavy atom. The molecule has 4 nitrogen and oxygen atoms in total. The molecule has 0 spiro atoms. The summed E-state index contributed by atoms with van der Waals surface area (Å²) in [5, 5.41) is 0.